The highest BCUT2D eigenvalue weighted by molar-refractivity contribution is 5.46. The van der Waals surface area contributed by atoms with Crippen LogP contribution in [0.25, 0.3) is 0 Å². The second kappa shape index (κ2) is 5.33. The number of fused-ring (bicyclic) bond motifs is 1. The van der Waals surface area contributed by atoms with E-state index < -0.39 is 5.82 Å². The zero-order chi connectivity index (χ0) is 14.8. The van der Waals surface area contributed by atoms with Gasteiger partial charge in [-0.1, -0.05) is 12.1 Å². The van der Waals surface area contributed by atoms with Gasteiger partial charge in [0.25, 0.3) is 0 Å². The lowest BCUT2D eigenvalue weighted by molar-refractivity contribution is 0.173. The molecule has 2 aromatic carbocycles. The van der Waals surface area contributed by atoms with E-state index in [-0.39, 0.29) is 24.2 Å². The number of hydrogen-bond acceptors (Lipinski definition) is 4. The monoisotopic (exact) mass is 285 g/mol. The molecule has 0 amide bonds. The Bertz CT molecular complexity index is 724. The molecular formula is C16H12FNO3. The molecule has 0 N–H and O–H groups in total. The number of ether oxygens (including phenoxy) is 3. The maximum Gasteiger partial charge on any atom is 0.231 e. The Kier molecular flexibility index (Phi) is 3.36. The van der Waals surface area contributed by atoms with Gasteiger partial charge in [0.05, 0.1) is 0 Å². The van der Waals surface area contributed by atoms with Crippen molar-refractivity contribution >= 4 is 0 Å². The van der Waals surface area contributed by atoms with Crippen molar-refractivity contribution in [2.45, 2.75) is 13.0 Å². The van der Waals surface area contributed by atoms with Gasteiger partial charge in [0.2, 0.25) is 6.79 Å². The first kappa shape index (κ1) is 13.3. The van der Waals surface area contributed by atoms with Gasteiger partial charge in [-0.05, 0) is 36.8 Å². The molecule has 1 aliphatic rings. The molecule has 2 aromatic rings. The van der Waals surface area contributed by atoms with Gasteiger partial charge in [0, 0.05) is 0 Å². The molecule has 0 bridgehead atoms. The smallest absolute Gasteiger partial charge is 0.231 e. The van der Waals surface area contributed by atoms with E-state index in [0.29, 0.717) is 11.5 Å². The summed E-state index contributed by atoms with van der Waals surface area (Å²) in [4.78, 5) is 0. The molecule has 4 nitrogen and oxygen atoms in total. The minimum absolute atomic E-state index is 0.0925. The lowest BCUT2D eigenvalue weighted by Crippen LogP contribution is -2.05. The summed E-state index contributed by atoms with van der Waals surface area (Å²) >= 11 is 0. The molecule has 21 heavy (non-hydrogen) atoms. The summed E-state index contributed by atoms with van der Waals surface area (Å²) in [5.41, 5.74) is 0.762. The highest BCUT2D eigenvalue weighted by Crippen LogP contribution is 2.35. The van der Waals surface area contributed by atoms with Crippen LogP contribution in [0.5, 0.6) is 17.2 Å². The van der Waals surface area contributed by atoms with Gasteiger partial charge in [-0.15, -0.1) is 0 Å². The van der Waals surface area contributed by atoms with Crippen LogP contribution in [0.1, 0.15) is 24.2 Å². The molecule has 3 rings (SSSR count). The lowest BCUT2D eigenvalue weighted by Gasteiger charge is -2.16. The quantitative estimate of drug-likeness (QED) is 0.865. The summed E-state index contributed by atoms with van der Waals surface area (Å²) in [6.45, 7) is 2.03. The SMILES string of the molecule is CC(Oc1cccc(F)c1C#N)c1ccc2c(c1)OCO2. The Balaban J connectivity index is 1.86. The molecule has 1 unspecified atom stereocenters. The largest absolute Gasteiger partial charge is 0.485 e. The fourth-order valence-corrected chi connectivity index (χ4v) is 2.14. The summed E-state index contributed by atoms with van der Waals surface area (Å²) < 4.78 is 29.8. The second-order valence-electron chi connectivity index (χ2n) is 4.60. The standard InChI is InChI=1S/C16H12FNO3/c1-10(11-5-6-15-16(7-11)20-9-19-15)21-14-4-2-3-13(17)12(14)8-18/h2-7,10H,9H2,1H3. The Morgan fingerprint density at radius 1 is 1.24 bits per heavy atom. The molecule has 0 aliphatic carbocycles. The van der Waals surface area contributed by atoms with E-state index in [2.05, 4.69) is 0 Å². The Morgan fingerprint density at radius 3 is 2.86 bits per heavy atom. The maximum atomic E-state index is 13.5. The molecule has 1 atom stereocenters. The van der Waals surface area contributed by atoms with Gasteiger partial charge in [-0.3, -0.25) is 0 Å². The first-order chi connectivity index (χ1) is 10.2. The van der Waals surface area contributed by atoms with Crippen LogP contribution in [-0.2, 0) is 0 Å². The molecule has 0 fully saturated rings. The van der Waals surface area contributed by atoms with E-state index in [1.807, 2.05) is 25.1 Å². The zero-order valence-electron chi connectivity index (χ0n) is 11.3. The van der Waals surface area contributed by atoms with E-state index >= 15 is 0 Å². The average Bonchev–Trinajstić information content (AvgIpc) is 2.94. The van der Waals surface area contributed by atoms with Crippen molar-refractivity contribution in [3.05, 3.63) is 53.3 Å². The number of nitrogens with zero attached hydrogens (tertiary/aromatic N) is 1. The number of nitriles is 1. The first-order valence-electron chi connectivity index (χ1n) is 6.44. The van der Waals surface area contributed by atoms with Crippen molar-refractivity contribution in [3.8, 4) is 23.3 Å². The van der Waals surface area contributed by atoms with Crippen molar-refractivity contribution in [3.63, 3.8) is 0 Å². The van der Waals surface area contributed by atoms with Crippen LogP contribution in [0.3, 0.4) is 0 Å². The molecule has 0 spiro atoms. The number of rotatable bonds is 3. The first-order valence-corrected chi connectivity index (χ1v) is 6.44. The molecule has 0 saturated heterocycles. The Hall–Kier alpha value is -2.74. The molecule has 5 heteroatoms. The fourth-order valence-electron chi connectivity index (χ4n) is 2.14. The molecule has 1 heterocycles. The van der Waals surface area contributed by atoms with E-state index in [1.165, 1.54) is 12.1 Å². The van der Waals surface area contributed by atoms with Gasteiger partial charge in [-0.2, -0.15) is 5.26 Å². The van der Waals surface area contributed by atoms with Crippen molar-refractivity contribution in [2.75, 3.05) is 6.79 Å². The van der Waals surface area contributed by atoms with Gasteiger partial charge in [-0.25, -0.2) is 4.39 Å². The van der Waals surface area contributed by atoms with E-state index in [0.717, 1.165) is 5.56 Å². The van der Waals surface area contributed by atoms with Crippen LogP contribution in [0.2, 0.25) is 0 Å². The highest BCUT2D eigenvalue weighted by Gasteiger charge is 2.18. The predicted molar refractivity (Wildman–Crippen MR) is 72.7 cm³/mol. The average molecular weight is 285 g/mol. The third-order valence-corrected chi connectivity index (χ3v) is 3.26. The minimum Gasteiger partial charge on any atom is -0.485 e. The maximum absolute atomic E-state index is 13.5. The summed E-state index contributed by atoms with van der Waals surface area (Å²) in [6.07, 6.45) is -0.353. The minimum atomic E-state index is -0.590. The normalized spacial score (nSPS) is 13.6. The third kappa shape index (κ3) is 2.48. The summed E-state index contributed by atoms with van der Waals surface area (Å²) in [5, 5.41) is 9.00. The summed E-state index contributed by atoms with van der Waals surface area (Å²) in [5.74, 6) is 0.979. The Labute approximate surface area is 121 Å². The number of hydrogen-bond donors (Lipinski definition) is 0. The van der Waals surface area contributed by atoms with Crippen molar-refractivity contribution in [2.24, 2.45) is 0 Å². The fraction of sp³-hybridized carbons (Fsp3) is 0.188. The van der Waals surface area contributed by atoms with Crippen LogP contribution in [0.4, 0.5) is 4.39 Å². The summed E-state index contributed by atoms with van der Waals surface area (Å²) in [7, 11) is 0. The highest BCUT2D eigenvalue weighted by atomic mass is 19.1. The molecule has 1 aliphatic heterocycles. The Morgan fingerprint density at radius 2 is 2.05 bits per heavy atom. The van der Waals surface area contributed by atoms with E-state index in [1.54, 1.807) is 12.1 Å². The van der Waals surface area contributed by atoms with Gasteiger partial charge < -0.3 is 14.2 Å². The van der Waals surface area contributed by atoms with Crippen LogP contribution in [0, 0.1) is 17.1 Å². The van der Waals surface area contributed by atoms with Crippen LogP contribution in [0.15, 0.2) is 36.4 Å². The molecule has 0 aromatic heterocycles. The van der Waals surface area contributed by atoms with Crippen molar-refractivity contribution in [1.29, 1.82) is 5.26 Å². The van der Waals surface area contributed by atoms with Gasteiger partial charge in [0.15, 0.2) is 11.5 Å². The van der Waals surface area contributed by atoms with Gasteiger partial charge >= 0.3 is 0 Å². The molecule has 106 valence electrons. The molecule has 0 saturated carbocycles. The lowest BCUT2D eigenvalue weighted by atomic mass is 10.1. The van der Waals surface area contributed by atoms with Crippen LogP contribution >= 0.6 is 0 Å². The van der Waals surface area contributed by atoms with Crippen LogP contribution in [-0.4, -0.2) is 6.79 Å². The van der Waals surface area contributed by atoms with Crippen molar-refractivity contribution < 1.29 is 18.6 Å². The number of halogens is 1. The van der Waals surface area contributed by atoms with Gasteiger partial charge in [0.1, 0.15) is 29.3 Å². The van der Waals surface area contributed by atoms with E-state index in [9.17, 15) is 4.39 Å². The molecular weight excluding hydrogens is 273 g/mol. The zero-order valence-corrected chi connectivity index (χ0v) is 11.3. The topological polar surface area (TPSA) is 51.5 Å². The van der Waals surface area contributed by atoms with E-state index in [4.69, 9.17) is 19.5 Å². The van der Waals surface area contributed by atoms with Crippen molar-refractivity contribution in [1.82, 2.24) is 0 Å². The third-order valence-electron chi connectivity index (χ3n) is 3.26. The summed E-state index contributed by atoms with van der Waals surface area (Å²) in [6, 6.07) is 11.6. The second-order valence-corrected chi connectivity index (χ2v) is 4.60. The number of benzene rings is 2. The van der Waals surface area contributed by atoms with Crippen LogP contribution < -0.4 is 14.2 Å². The molecule has 0 radical (unpaired) electrons. The predicted octanol–water partition coefficient (Wildman–Crippen LogP) is 3.57.